The molecule has 2 unspecified atom stereocenters. The quantitative estimate of drug-likeness (QED) is 0.766. The van der Waals surface area contributed by atoms with Gasteiger partial charge in [-0.2, -0.15) is 0 Å². The fourth-order valence-corrected chi connectivity index (χ4v) is 2.09. The molecule has 0 radical (unpaired) electrons. The first kappa shape index (κ1) is 12.8. The Balaban J connectivity index is 2.57. The number of piperidine rings is 1. The second-order valence-corrected chi connectivity index (χ2v) is 4.27. The van der Waals surface area contributed by atoms with E-state index in [4.69, 9.17) is 0 Å². The highest BCUT2D eigenvalue weighted by atomic mass is 16.5. The number of hydrogen-bond acceptors (Lipinski definition) is 3. The zero-order chi connectivity index (χ0) is 12.1. The van der Waals surface area contributed by atoms with Gasteiger partial charge in [-0.05, 0) is 12.3 Å². The first-order valence-electron chi connectivity index (χ1n) is 5.66. The molecule has 92 valence electrons. The summed E-state index contributed by atoms with van der Waals surface area (Å²) in [4.78, 5) is 24.2. The van der Waals surface area contributed by atoms with E-state index in [1.54, 1.807) is 11.8 Å². The van der Waals surface area contributed by atoms with E-state index in [0.29, 0.717) is 12.5 Å². The van der Waals surface area contributed by atoms with Gasteiger partial charge >= 0.3 is 6.09 Å². The average Bonchev–Trinajstić information content (AvgIpc) is 2.28. The van der Waals surface area contributed by atoms with Gasteiger partial charge in [-0.3, -0.25) is 4.79 Å². The lowest BCUT2D eigenvalue weighted by molar-refractivity contribution is -0.131. The molecule has 1 aliphatic heterocycles. The van der Waals surface area contributed by atoms with Crippen LogP contribution in [-0.4, -0.2) is 43.1 Å². The Morgan fingerprint density at radius 1 is 1.44 bits per heavy atom. The van der Waals surface area contributed by atoms with Gasteiger partial charge in [-0.15, -0.1) is 0 Å². The summed E-state index contributed by atoms with van der Waals surface area (Å²) in [5.74, 6) is 0.523. The van der Waals surface area contributed by atoms with Crippen molar-refractivity contribution in [3.8, 4) is 0 Å². The van der Waals surface area contributed by atoms with E-state index in [1.807, 2.05) is 0 Å². The number of ether oxygens (including phenoxy) is 1. The summed E-state index contributed by atoms with van der Waals surface area (Å²) in [6.07, 6.45) is 1.50. The Kier molecular flexibility index (Phi) is 4.58. The van der Waals surface area contributed by atoms with Crippen molar-refractivity contribution in [2.24, 2.45) is 5.92 Å². The van der Waals surface area contributed by atoms with E-state index in [0.717, 1.165) is 19.4 Å². The molecule has 2 atom stereocenters. The molecular formula is C11H20N2O3. The minimum Gasteiger partial charge on any atom is -0.453 e. The maximum atomic E-state index is 11.3. The van der Waals surface area contributed by atoms with Gasteiger partial charge in [-0.1, -0.05) is 13.3 Å². The van der Waals surface area contributed by atoms with Crippen molar-refractivity contribution in [2.45, 2.75) is 32.7 Å². The van der Waals surface area contributed by atoms with Gasteiger partial charge in [0.05, 0.1) is 13.2 Å². The van der Waals surface area contributed by atoms with Crippen molar-refractivity contribution in [2.75, 3.05) is 20.2 Å². The predicted molar refractivity (Wildman–Crippen MR) is 60.0 cm³/mol. The van der Waals surface area contributed by atoms with Crippen molar-refractivity contribution >= 4 is 12.0 Å². The zero-order valence-corrected chi connectivity index (χ0v) is 10.2. The van der Waals surface area contributed by atoms with E-state index in [9.17, 15) is 9.59 Å². The van der Waals surface area contributed by atoms with E-state index in [-0.39, 0.29) is 11.9 Å². The number of likely N-dealkylation sites (tertiary alicyclic amines) is 1. The number of nitrogens with zero attached hydrogens (tertiary/aromatic N) is 1. The summed E-state index contributed by atoms with van der Waals surface area (Å²) in [5, 5.41) is 2.76. The van der Waals surface area contributed by atoms with Crippen LogP contribution in [0.5, 0.6) is 0 Å². The first-order valence-corrected chi connectivity index (χ1v) is 5.66. The zero-order valence-electron chi connectivity index (χ0n) is 10.2. The monoisotopic (exact) mass is 228 g/mol. The molecule has 1 aliphatic rings. The summed E-state index contributed by atoms with van der Waals surface area (Å²) in [6.45, 7) is 5.04. The third kappa shape index (κ3) is 3.40. The fourth-order valence-electron chi connectivity index (χ4n) is 2.09. The highest BCUT2D eigenvalue weighted by molar-refractivity contribution is 5.73. The number of alkyl carbamates (subject to hydrolysis) is 1. The number of nitrogens with one attached hydrogen (secondary N) is 1. The molecule has 1 fully saturated rings. The molecule has 5 heteroatoms. The van der Waals surface area contributed by atoms with Crippen LogP contribution >= 0.6 is 0 Å². The van der Waals surface area contributed by atoms with Crippen molar-refractivity contribution in [1.29, 1.82) is 0 Å². The highest BCUT2D eigenvalue weighted by Gasteiger charge is 2.28. The molecule has 2 amide bonds. The van der Waals surface area contributed by atoms with Crippen molar-refractivity contribution in [1.82, 2.24) is 10.2 Å². The van der Waals surface area contributed by atoms with Crippen LogP contribution in [0, 0.1) is 5.92 Å². The molecular weight excluding hydrogens is 208 g/mol. The molecule has 0 saturated carbocycles. The van der Waals surface area contributed by atoms with E-state index >= 15 is 0 Å². The van der Waals surface area contributed by atoms with Crippen molar-refractivity contribution in [3.05, 3.63) is 0 Å². The number of methoxy groups -OCH3 is 1. The molecule has 16 heavy (non-hydrogen) atoms. The molecule has 5 nitrogen and oxygen atoms in total. The van der Waals surface area contributed by atoms with Crippen molar-refractivity contribution < 1.29 is 14.3 Å². The van der Waals surface area contributed by atoms with Crippen LogP contribution in [0.25, 0.3) is 0 Å². The predicted octanol–water partition coefficient (Wildman–Crippen LogP) is 0.989. The number of carbonyl (C=O) groups excluding carboxylic acids is 2. The van der Waals surface area contributed by atoms with Crippen LogP contribution in [0.3, 0.4) is 0 Å². The SMILES string of the molecule is CCC1CC(NC(=O)OC)CN(C(C)=O)C1. The number of carbonyl (C=O) groups is 2. The van der Waals surface area contributed by atoms with Gasteiger partial charge in [0.1, 0.15) is 0 Å². The van der Waals surface area contributed by atoms with Gasteiger partial charge in [0.25, 0.3) is 0 Å². The maximum Gasteiger partial charge on any atom is 0.407 e. The second kappa shape index (κ2) is 5.72. The first-order chi connectivity index (χ1) is 7.56. The van der Waals surface area contributed by atoms with E-state index in [2.05, 4.69) is 17.0 Å². The minimum atomic E-state index is -0.426. The Labute approximate surface area is 96.1 Å². The summed E-state index contributed by atoms with van der Waals surface area (Å²) in [6, 6.07) is 0.00931. The van der Waals surface area contributed by atoms with Gasteiger partial charge in [-0.25, -0.2) is 4.79 Å². The summed E-state index contributed by atoms with van der Waals surface area (Å²) in [7, 11) is 1.35. The van der Waals surface area contributed by atoms with Gasteiger partial charge in [0, 0.05) is 20.0 Å². The maximum absolute atomic E-state index is 11.3. The molecule has 0 aromatic heterocycles. The Morgan fingerprint density at radius 2 is 2.12 bits per heavy atom. The number of amides is 2. The lowest BCUT2D eigenvalue weighted by atomic mass is 9.92. The summed E-state index contributed by atoms with van der Waals surface area (Å²) < 4.78 is 4.56. The summed E-state index contributed by atoms with van der Waals surface area (Å²) >= 11 is 0. The smallest absolute Gasteiger partial charge is 0.407 e. The molecule has 0 bridgehead atoms. The Hall–Kier alpha value is -1.26. The minimum absolute atomic E-state index is 0.00931. The average molecular weight is 228 g/mol. The van der Waals surface area contributed by atoms with Gasteiger partial charge in [0.2, 0.25) is 5.91 Å². The van der Waals surface area contributed by atoms with Crippen LogP contribution in [0.4, 0.5) is 4.79 Å². The van der Waals surface area contributed by atoms with Crippen LogP contribution in [0.2, 0.25) is 0 Å². The van der Waals surface area contributed by atoms with Crippen molar-refractivity contribution in [3.63, 3.8) is 0 Å². The number of hydrogen-bond donors (Lipinski definition) is 1. The lowest BCUT2D eigenvalue weighted by Crippen LogP contribution is -2.52. The Bertz CT molecular complexity index is 268. The van der Waals surface area contributed by atoms with Gasteiger partial charge < -0.3 is 15.0 Å². The third-order valence-electron chi connectivity index (χ3n) is 3.07. The van der Waals surface area contributed by atoms with Crippen LogP contribution in [0.15, 0.2) is 0 Å². The molecule has 0 aromatic rings. The third-order valence-corrected chi connectivity index (χ3v) is 3.07. The Morgan fingerprint density at radius 3 is 2.62 bits per heavy atom. The molecule has 1 saturated heterocycles. The molecule has 0 aromatic carbocycles. The fraction of sp³-hybridized carbons (Fsp3) is 0.818. The molecule has 1 heterocycles. The van der Waals surface area contributed by atoms with E-state index < -0.39 is 6.09 Å². The molecule has 1 rings (SSSR count). The summed E-state index contributed by atoms with van der Waals surface area (Å²) in [5.41, 5.74) is 0. The standard InChI is InChI=1S/C11H20N2O3/c1-4-9-5-10(12-11(15)16-3)7-13(6-9)8(2)14/h9-10H,4-7H2,1-3H3,(H,12,15). The van der Waals surface area contributed by atoms with Gasteiger partial charge in [0.15, 0.2) is 0 Å². The van der Waals surface area contributed by atoms with Crippen LogP contribution in [0.1, 0.15) is 26.7 Å². The van der Waals surface area contributed by atoms with Crippen LogP contribution < -0.4 is 5.32 Å². The molecule has 0 spiro atoms. The second-order valence-electron chi connectivity index (χ2n) is 4.27. The van der Waals surface area contributed by atoms with E-state index in [1.165, 1.54) is 7.11 Å². The molecule has 0 aliphatic carbocycles. The highest BCUT2D eigenvalue weighted by Crippen LogP contribution is 2.19. The normalized spacial score (nSPS) is 25.1. The number of rotatable bonds is 2. The molecule has 1 N–H and O–H groups in total. The largest absolute Gasteiger partial charge is 0.453 e. The van der Waals surface area contributed by atoms with Crippen LogP contribution in [-0.2, 0) is 9.53 Å². The topological polar surface area (TPSA) is 58.6 Å². The lowest BCUT2D eigenvalue weighted by Gasteiger charge is -2.37.